The van der Waals surface area contributed by atoms with Crippen molar-refractivity contribution in [2.24, 2.45) is 0 Å². The molecule has 1 unspecified atom stereocenters. The minimum Gasteiger partial charge on any atom is -0.0772 e. The van der Waals surface area contributed by atoms with Gasteiger partial charge in [0.05, 0.1) is 0 Å². The third-order valence-corrected chi connectivity index (χ3v) is 5.00. The molecule has 3 rings (SSSR count). The predicted molar refractivity (Wildman–Crippen MR) is 83.9 cm³/mol. The van der Waals surface area contributed by atoms with Crippen molar-refractivity contribution in [3.8, 4) is 0 Å². The van der Waals surface area contributed by atoms with E-state index in [2.05, 4.69) is 67.6 Å². The van der Waals surface area contributed by atoms with Crippen LogP contribution in [0.15, 0.2) is 60.7 Å². The molecule has 2 aromatic rings. The van der Waals surface area contributed by atoms with Crippen molar-refractivity contribution in [1.82, 2.24) is 0 Å². The van der Waals surface area contributed by atoms with E-state index in [9.17, 15) is 0 Å². The number of fused-ring (bicyclic) bond motifs is 1. The Kier molecular flexibility index (Phi) is 3.65. The van der Waals surface area contributed by atoms with E-state index in [1.807, 2.05) is 0 Å². The molecular weight excluding hydrogens is 244 g/mol. The van der Waals surface area contributed by atoms with Crippen molar-refractivity contribution in [2.75, 3.05) is 0 Å². The van der Waals surface area contributed by atoms with Crippen molar-refractivity contribution in [3.63, 3.8) is 0 Å². The Balaban J connectivity index is 1.91. The molecule has 2 radical (unpaired) electrons. The van der Waals surface area contributed by atoms with Crippen LogP contribution >= 0.6 is 0 Å². The van der Waals surface area contributed by atoms with Gasteiger partial charge in [-0.3, -0.25) is 0 Å². The van der Waals surface area contributed by atoms with E-state index < -0.39 is 0 Å². The van der Waals surface area contributed by atoms with Crippen LogP contribution in [0.1, 0.15) is 36.8 Å². The summed E-state index contributed by atoms with van der Waals surface area (Å²) in [5.41, 5.74) is 3.01. The summed E-state index contributed by atoms with van der Waals surface area (Å²) >= 11 is 0. The van der Waals surface area contributed by atoms with Gasteiger partial charge in [0.1, 0.15) is 9.52 Å². The first-order valence-corrected chi connectivity index (χ1v) is 8.01. The molecule has 0 saturated heterocycles. The van der Waals surface area contributed by atoms with E-state index in [0.29, 0.717) is 5.92 Å². The van der Waals surface area contributed by atoms with Gasteiger partial charge in [0.15, 0.2) is 0 Å². The minimum atomic E-state index is 0.632. The van der Waals surface area contributed by atoms with Crippen molar-refractivity contribution in [3.05, 3.63) is 71.8 Å². The Morgan fingerprint density at radius 1 is 0.947 bits per heavy atom. The minimum absolute atomic E-state index is 0.632. The van der Waals surface area contributed by atoms with E-state index in [4.69, 9.17) is 0 Å². The molecule has 94 valence electrons. The lowest BCUT2D eigenvalue weighted by Gasteiger charge is -2.08. The third-order valence-electron chi connectivity index (χ3n) is 3.67. The Morgan fingerprint density at radius 3 is 2.47 bits per heavy atom. The van der Waals surface area contributed by atoms with Gasteiger partial charge in [-0.1, -0.05) is 84.4 Å². The fourth-order valence-corrected chi connectivity index (χ4v) is 4.10. The van der Waals surface area contributed by atoms with Gasteiger partial charge < -0.3 is 0 Å². The number of hydrogen-bond acceptors (Lipinski definition) is 0. The summed E-state index contributed by atoms with van der Waals surface area (Å²) in [6.07, 6.45) is 5.01. The Hall–Kier alpha value is -1.60. The van der Waals surface area contributed by atoms with Crippen molar-refractivity contribution in [2.45, 2.75) is 25.7 Å². The maximum atomic E-state index is 2.50. The Bertz CT molecular complexity index is 584. The molecule has 0 N–H and O–H groups in total. The number of allylic oxidation sites excluding steroid dienone is 1. The van der Waals surface area contributed by atoms with Crippen molar-refractivity contribution < 1.29 is 0 Å². The van der Waals surface area contributed by atoms with Gasteiger partial charge in [0.2, 0.25) is 0 Å². The van der Waals surface area contributed by atoms with Gasteiger partial charge in [-0.05, 0) is 17.5 Å². The highest BCUT2D eigenvalue weighted by Crippen LogP contribution is 2.37. The average Bonchev–Trinajstić information content (AvgIpc) is 2.79. The molecule has 0 spiro atoms. The lowest BCUT2D eigenvalue weighted by atomic mass is 9.97. The highest BCUT2D eigenvalue weighted by molar-refractivity contribution is 6.73. The van der Waals surface area contributed by atoms with Crippen molar-refractivity contribution >= 4 is 19.9 Å². The normalized spacial score (nSPS) is 17.1. The molecule has 19 heavy (non-hydrogen) atoms. The summed E-state index contributed by atoms with van der Waals surface area (Å²) in [5.74, 6) is 0.632. The van der Waals surface area contributed by atoms with E-state index in [0.717, 1.165) is 9.52 Å². The Morgan fingerprint density at radius 2 is 1.68 bits per heavy atom. The van der Waals surface area contributed by atoms with Crippen LogP contribution in [-0.4, -0.2) is 9.52 Å². The molecule has 0 aliphatic heterocycles. The lowest BCUT2D eigenvalue weighted by molar-refractivity contribution is 0.725. The third kappa shape index (κ3) is 2.57. The van der Waals surface area contributed by atoms with Crippen LogP contribution < -0.4 is 5.19 Å². The maximum absolute atomic E-state index is 2.50. The van der Waals surface area contributed by atoms with Crippen LogP contribution in [0.5, 0.6) is 0 Å². The second-order valence-electron chi connectivity index (χ2n) is 5.05. The molecule has 0 amide bonds. The summed E-state index contributed by atoms with van der Waals surface area (Å²) in [5, 5.41) is 2.96. The average molecular weight is 262 g/mol. The van der Waals surface area contributed by atoms with E-state index >= 15 is 0 Å². The molecule has 0 fully saturated rings. The number of benzene rings is 2. The van der Waals surface area contributed by atoms with Crippen LogP contribution in [0.3, 0.4) is 0 Å². The standard InChI is InChI=1S/C18H18Si/c1-2-8-14-13-18(17-12-7-6-11-16(14)17)19-15-9-4-3-5-10-15/h3-7,9-14H,2,8H2,1H3. The van der Waals surface area contributed by atoms with Crippen LogP contribution in [0.25, 0.3) is 5.20 Å². The topological polar surface area (TPSA) is 0 Å². The number of hydrogen-bond donors (Lipinski definition) is 0. The second kappa shape index (κ2) is 5.58. The monoisotopic (exact) mass is 262 g/mol. The summed E-state index contributed by atoms with van der Waals surface area (Å²) in [6, 6.07) is 19.7. The van der Waals surface area contributed by atoms with Crippen LogP contribution in [0.4, 0.5) is 0 Å². The fraction of sp³-hybridized carbons (Fsp3) is 0.222. The van der Waals surface area contributed by atoms with E-state index in [1.54, 1.807) is 0 Å². The zero-order valence-corrected chi connectivity index (χ0v) is 12.3. The van der Waals surface area contributed by atoms with E-state index in [1.165, 1.54) is 34.4 Å². The van der Waals surface area contributed by atoms with Gasteiger partial charge in [0.25, 0.3) is 0 Å². The highest BCUT2D eigenvalue weighted by Gasteiger charge is 2.22. The van der Waals surface area contributed by atoms with E-state index in [-0.39, 0.29) is 0 Å². The molecule has 1 heteroatoms. The van der Waals surface area contributed by atoms with Gasteiger partial charge in [-0.15, -0.1) is 0 Å². The Labute approximate surface area is 118 Å². The molecular formula is C18H18Si. The molecule has 0 aromatic heterocycles. The van der Waals surface area contributed by atoms with Gasteiger partial charge in [-0.25, -0.2) is 0 Å². The zero-order chi connectivity index (χ0) is 13.1. The highest BCUT2D eigenvalue weighted by atomic mass is 28.2. The lowest BCUT2D eigenvalue weighted by Crippen LogP contribution is -2.14. The summed E-state index contributed by atoms with van der Waals surface area (Å²) in [7, 11) is 0.777. The largest absolute Gasteiger partial charge is 0.121 e. The summed E-state index contributed by atoms with van der Waals surface area (Å²) in [6.45, 7) is 2.27. The zero-order valence-electron chi connectivity index (χ0n) is 11.3. The maximum Gasteiger partial charge on any atom is 0.121 e. The molecule has 0 bridgehead atoms. The van der Waals surface area contributed by atoms with Crippen LogP contribution in [-0.2, 0) is 0 Å². The molecule has 1 atom stereocenters. The van der Waals surface area contributed by atoms with Crippen molar-refractivity contribution in [1.29, 1.82) is 0 Å². The summed E-state index contributed by atoms with van der Waals surface area (Å²) < 4.78 is 0. The van der Waals surface area contributed by atoms with Gasteiger partial charge in [0, 0.05) is 5.92 Å². The smallest absolute Gasteiger partial charge is 0.0772 e. The summed E-state index contributed by atoms with van der Waals surface area (Å²) in [4.78, 5) is 0. The first-order chi connectivity index (χ1) is 9.38. The van der Waals surface area contributed by atoms with Crippen LogP contribution in [0.2, 0.25) is 0 Å². The predicted octanol–water partition coefficient (Wildman–Crippen LogP) is 3.95. The quantitative estimate of drug-likeness (QED) is 0.732. The molecule has 0 nitrogen and oxygen atoms in total. The number of rotatable bonds is 4. The second-order valence-corrected chi connectivity index (χ2v) is 6.42. The van der Waals surface area contributed by atoms with Crippen LogP contribution in [0, 0.1) is 0 Å². The molecule has 1 aliphatic carbocycles. The SMILES string of the molecule is CCCC1C=C([Si]c2ccccc2)c2ccccc21. The molecule has 0 saturated carbocycles. The molecule has 0 heterocycles. The molecule has 2 aromatic carbocycles. The first-order valence-electron chi connectivity index (χ1n) is 7.01. The first kappa shape index (κ1) is 12.4. The van der Waals surface area contributed by atoms with Gasteiger partial charge in [-0.2, -0.15) is 0 Å². The van der Waals surface area contributed by atoms with Gasteiger partial charge >= 0.3 is 0 Å². The molecule has 1 aliphatic rings. The fourth-order valence-electron chi connectivity index (χ4n) is 2.78.